The molecule has 19 heavy (non-hydrogen) atoms. The Morgan fingerprint density at radius 3 is 1.74 bits per heavy atom. The lowest BCUT2D eigenvalue weighted by molar-refractivity contribution is 0.104. The van der Waals surface area contributed by atoms with Crippen molar-refractivity contribution in [3.05, 3.63) is 65.7 Å². The highest BCUT2D eigenvalue weighted by atomic mass is 16.3. The van der Waals surface area contributed by atoms with Crippen molar-refractivity contribution in [3.63, 3.8) is 0 Å². The first-order chi connectivity index (χ1) is 9.06. The predicted molar refractivity (Wildman–Crippen MR) is 74.2 cm³/mol. The van der Waals surface area contributed by atoms with Crippen LogP contribution >= 0.6 is 0 Å². The first-order valence-corrected chi connectivity index (χ1v) is 5.87. The Balaban J connectivity index is 2.22. The van der Waals surface area contributed by atoms with Crippen molar-refractivity contribution in [2.75, 3.05) is 0 Å². The molecule has 0 fully saturated rings. The number of phenolic OH excluding ortho intramolecular Hbond substituents is 2. The molecule has 0 aliphatic rings. The van der Waals surface area contributed by atoms with Crippen LogP contribution in [0.25, 0.3) is 5.57 Å². The lowest BCUT2D eigenvalue weighted by Crippen LogP contribution is -1.95. The van der Waals surface area contributed by atoms with E-state index in [2.05, 4.69) is 0 Å². The van der Waals surface area contributed by atoms with Gasteiger partial charge in [-0.1, -0.05) is 12.1 Å². The quantitative estimate of drug-likeness (QED) is 0.652. The lowest BCUT2D eigenvalue weighted by atomic mass is 10.0. The van der Waals surface area contributed by atoms with E-state index in [0.717, 1.165) is 11.1 Å². The molecule has 0 amide bonds. The van der Waals surface area contributed by atoms with E-state index < -0.39 is 0 Å². The number of carbonyl (C=O) groups excluding carboxylic acids is 1. The van der Waals surface area contributed by atoms with Crippen LogP contribution in [0.3, 0.4) is 0 Å². The van der Waals surface area contributed by atoms with E-state index in [1.54, 1.807) is 42.5 Å². The standard InChI is InChI=1S/C16H14O3/c1-11(12-2-6-14(17)7-3-12)10-16(19)13-4-8-15(18)9-5-13/h2-10,17-18H,1H3/b11-10+. The average Bonchev–Trinajstić information content (AvgIpc) is 2.40. The molecule has 3 nitrogen and oxygen atoms in total. The van der Waals surface area contributed by atoms with E-state index in [4.69, 9.17) is 0 Å². The number of hydrogen-bond donors (Lipinski definition) is 2. The van der Waals surface area contributed by atoms with Gasteiger partial charge in [-0.2, -0.15) is 0 Å². The molecule has 2 N–H and O–H groups in total. The number of hydrogen-bond acceptors (Lipinski definition) is 3. The molecule has 96 valence electrons. The Morgan fingerprint density at radius 1 is 0.842 bits per heavy atom. The molecule has 0 unspecified atom stereocenters. The molecule has 0 radical (unpaired) electrons. The first-order valence-electron chi connectivity index (χ1n) is 5.87. The number of ketones is 1. The smallest absolute Gasteiger partial charge is 0.186 e. The molecule has 0 heterocycles. The van der Waals surface area contributed by atoms with Crippen molar-refractivity contribution in [3.8, 4) is 11.5 Å². The zero-order valence-corrected chi connectivity index (χ0v) is 10.5. The SMILES string of the molecule is C/C(=C\C(=O)c1ccc(O)cc1)c1ccc(O)cc1. The molecule has 0 saturated carbocycles. The van der Waals surface area contributed by atoms with Gasteiger partial charge in [0.25, 0.3) is 0 Å². The summed E-state index contributed by atoms with van der Waals surface area (Å²) in [5, 5.41) is 18.4. The van der Waals surface area contributed by atoms with Crippen LogP contribution in [0, 0.1) is 0 Å². The van der Waals surface area contributed by atoms with Gasteiger partial charge < -0.3 is 10.2 Å². The first kappa shape index (κ1) is 12.9. The maximum Gasteiger partial charge on any atom is 0.186 e. The Hall–Kier alpha value is -2.55. The molecule has 2 aromatic carbocycles. The van der Waals surface area contributed by atoms with Crippen molar-refractivity contribution < 1.29 is 15.0 Å². The number of benzene rings is 2. The molecule has 0 aliphatic heterocycles. The van der Waals surface area contributed by atoms with Crippen LogP contribution in [0.4, 0.5) is 0 Å². The summed E-state index contributed by atoms with van der Waals surface area (Å²) in [6.45, 7) is 1.84. The fraction of sp³-hybridized carbons (Fsp3) is 0.0625. The molecule has 0 atom stereocenters. The molecule has 3 heteroatoms. The fourth-order valence-corrected chi connectivity index (χ4v) is 1.71. The highest BCUT2D eigenvalue weighted by Crippen LogP contribution is 2.18. The highest BCUT2D eigenvalue weighted by molar-refractivity contribution is 6.08. The minimum atomic E-state index is -0.120. The van der Waals surface area contributed by atoms with Crippen LogP contribution in [-0.4, -0.2) is 16.0 Å². The number of phenols is 2. The fourth-order valence-electron chi connectivity index (χ4n) is 1.71. The molecule has 0 bridgehead atoms. The van der Waals surface area contributed by atoms with Gasteiger partial charge in [0.1, 0.15) is 11.5 Å². The zero-order valence-electron chi connectivity index (χ0n) is 10.5. The summed E-state index contributed by atoms with van der Waals surface area (Å²) in [4.78, 5) is 12.0. The van der Waals surface area contributed by atoms with Crippen LogP contribution in [-0.2, 0) is 0 Å². The monoisotopic (exact) mass is 254 g/mol. The van der Waals surface area contributed by atoms with Crippen molar-refractivity contribution in [1.29, 1.82) is 0 Å². The van der Waals surface area contributed by atoms with Crippen LogP contribution in [0.5, 0.6) is 11.5 Å². The Labute approximate surface area is 111 Å². The van der Waals surface area contributed by atoms with E-state index in [-0.39, 0.29) is 17.3 Å². The lowest BCUT2D eigenvalue weighted by Gasteiger charge is -2.02. The van der Waals surface area contributed by atoms with E-state index in [1.165, 1.54) is 12.1 Å². The molecule has 0 aromatic heterocycles. The Bertz CT molecular complexity index is 607. The van der Waals surface area contributed by atoms with Crippen molar-refractivity contribution in [1.82, 2.24) is 0 Å². The maximum absolute atomic E-state index is 12.0. The molecule has 2 aromatic rings. The third-order valence-electron chi connectivity index (χ3n) is 2.82. The number of allylic oxidation sites excluding steroid dienone is 2. The molecule has 2 rings (SSSR count). The molecule has 0 saturated heterocycles. The summed E-state index contributed by atoms with van der Waals surface area (Å²) in [6, 6.07) is 12.8. The van der Waals surface area contributed by atoms with E-state index in [1.807, 2.05) is 6.92 Å². The van der Waals surface area contributed by atoms with Crippen molar-refractivity contribution in [2.45, 2.75) is 6.92 Å². The van der Waals surface area contributed by atoms with E-state index in [9.17, 15) is 15.0 Å². The van der Waals surface area contributed by atoms with Crippen LogP contribution < -0.4 is 0 Å². The van der Waals surface area contributed by atoms with Gasteiger partial charge in [-0.15, -0.1) is 0 Å². The summed E-state index contributed by atoms with van der Waals surface area (Å²) in [5.74, 6) is 0.211. The van der Waals surface area contributed by atoms with Crippen molar-refractivity contribution >= 4 is 11.4 Å². The van der Waals surface area contributed by atoms with E-state index >= 15 is 0 Å². The minimum Gasteiger partial charge on any atom is -0.508 e. The Morgan fingerprint density at radius 2 is 1.26 bits per heavy atom. The molecular weight excluding hydrogens is 240 g/mol. The zero-order chi connectivity index (χ0) is 13.8. The second kappa shape index (κ2) is 5.40. The summed E-state index contributed by atoms with van der Waals surface area (Å²) in [6.07, 6.45) is 1.54. The van der Waals surface area contributed by atoms with Crippen molar-refractivity contribution in [2.24, 2.45) is 0 Å². The van der Waals surface area contributed by atoms with Gasteiger partial charge in [-0.05, 0) is 60.5 Å². The molecular formula is C16H14O3. The highest BCUT2D eigenvalue weighted by Gasteiger charge is 2.04. The van der Waals surface area contributed by atoms with Gasteiger partial charge in [-0.25, -0.2) is 0 Å². The molecule has 0 spiro atoms. The van der Waals surface area contributed by atoms with Crippen LogP contribution in [0.2, 0.25) is 0 Å². The van der Waals surface area contributed by atoms with Crippen LogP contribution in [0.1, 0.15) is 22.8 Å². The number of aromatic hydroxyl groups is 2. The largest absolute Gasteiger partial charge is 0.508 e. The third-order valence-corrected chi connectivity index (χ3v) is 2.82. The van der Waals surface area contributed by atoms with Gasteiger partial charge in [0.15, 0.2) is 5.78 Å². The third kappa shape index (κ3) is 3.22. The second-order valence-corrected chi connectivity index (χ2v) is 4.29. The topological polar surface area (TPSA) is 57.5 Å². The second-order valence-electron chi connectivity index (χ2n) is 4.29. The Kier molecular flexibility index (Phi) is 3.66. The predicted octanol–water partition coefficient (Wildman–Crippen LogP) is 3.38. The maximum atomic E-state index is 12.0. The van der Waals surface area contributed by atoms with E-state index in [0.29, 0.717) is 5.56 Å². The number of rotatable bonds is 3. The van der Waals surface area contributed by atoms with Gasteiger partial charge in [-0.3, -0.25) is 4.79 Å². The van der Waals surface area contributed by atoms with Crippen LogP contribution in [0.15, 0.2) is 54.6 Å². The minimum absolute atomic E-state index is 0.120. The number of carbonyl (C=O) groups is 1. The average molecular weight is 254 g/mol. The van der Waals surface area contributed by atoms with Gasteiger partial charge in [0.2, 0.25) is 0 Å². The molecule has 0 aliphatic carbocycles. The summed E-state index contributed by atoms with van der Waals surface area (Å²) >= 11 is 0. The summed E-state index contributed by atoms with van der Waals surface area (Å²) in [7, 11) is 0. The summed E-state index contributed by atoms with van der Waals surface area (Å²) in [5.41, 5.74) is 2.22. The van der Waals surface area contributed by atoms with Gasteiger partial charge in [0.05, 0.1) is 0 Å². The van der Waals surface area contributed by atoms with Gasteiger partial charge in [0, 0.05) is 5.56 Å². The van der Waals surface area contributed by atoms with Gasteiger partial charge >= 0.3 is 0 Å². The normalized spacial score (nSPS) is 11.3. The summed E-state index contributed by atoms with van der Waals surface area (Å²) < 4.78 is 0.